The van der Waals surface area contributed by atoms with Crippen molar-refractivity contribution in [2.24, 2.45) is 5.92 Å². The molecular formula is C13H13BrN2O3. The molecule has 1 heterocycles. The van der Waals surface area contributed by atoms with Gasteiger partial charge in [-0.05, 0) is 18.1 Å². The topological polar surface area (TPSA) is 80.5 Å². The standard InChI is InChI=1S/C13H13BrN2O3/c1-6(2)10(14)13(19)16-11(17)7-4-3-5-8(15)9(7)12(16)18/h3-6,10H,15H2,1-2H3. The van der Waals surface area contributed by atoms with Gasteiger partial charge in [0.15, 0.2) is 0 Å². The zero-order valence-electron chi connectivity index (χ0n) is 10.5. The highest BCUT2D eigenvalue weighted by Gasteiger charge is 2.43. The van der Waals surface area contributed by atoms with Gasteiger partial charge in [-0.25, -0.2) is 4.90 Å². The molecule has 100 valence electrons. The molecule has 0 radical (unpaired) electrons. The van der Waals surface area contributed by atoms with Gasteiger partial charge in [0.25, 0.3) is 17.7 Å². The monoisotopic (exact) mass is 324 g/mol. The van der Waals surface area contributed by atoms with E-state index in [9.17, 15) is 14.4 Å². The van der Waals surface area contributed by atoms with Gasteiger partial charge in [-0.3, -0.25) is 14.4 Å². The molecule has 1 aromatic rings. The first kappa shape index (κ1) is 13.7. The van der Waals surface area contributed by atoms with Gasteiger partial charge in [0.2, 0.25) is 0 Å². The smallest absolute Gasteiger partial charge is 0.270 e. The van der Waals surface area contributed by atoms with Crippen LogP contribution in [0.15, 0.2) is 18.2 Å². The number of rotatable bonds is 2. The molecule has 1 aliphatic rings. The molecule has 6 heteroatoms. The maximum absolute atomic E-state index is 12.2. The summed E-state index contributed by atoms with van der Waals surface area (Å²) in [6.45, 7) is 3.65. The minimum atomic E-state index is -0.645. The van der Waals surface area contributed by atoms with E-state index in [-0.39, 0.29) is 22.7 Å². The van der Waals surface area contributed by atoms with Crippen LogP contribution in [-0.4, -0.2) is 27.4 Å². The van der Waals surface area contributed by atoms with Gasteiger partial charge in [0, 0.05) is 5.69 Å². The Morgan fingerprint density at radius 1 is 1.26 bits per heavy atom. The highest BCUT2D eigenvalue weighted by Crippen LogP contribution is 2.29. The van der Waals surface area contributed by atoms with E-state index in [1.807, 2.05) is 13.8 Å². The number of hydrogen-bond donors (Lipinski definition) is 1. The second-order valence-electron chi connectivity index (χ2n) is 4.70. The summed E-state index contributed by atoms with van der Waals surface area (Å²) >= 11 is 3.21. The van der Waals surface area contributed by atoms with Crippen molar-refractivity contribution < 1.29 is 14.4 Å². The SMILES string of the molecule is CC(C)C(Br)C(=O)N1C(=O)c2cccc(N)c2C1=O. The number of hydrogen-bond acceptors (Lipinski definition) is 4. The molecule has 0 saturated heterocycles. The quantitative estimate of drug-likeness (QED) is 0.511. The number of carbonyl (C=O) groups excluding carboxylic acids is 3. The minimum Gasteiger partial charge on any atom is -0.398 e. The second kappa shape index (κ2) is 4.77. The van der Waals surface area contributed by atoms with E-state index in [0.717, 1.165) is 0 Å². The Labute approximate surface area is 118 Å². The lowest BCUT2D eigenvalue weighted by Crippen LogP contribution is -2.42. The van der Waals surface area contributed by atoms with Crippen molar-refractivity contribution in [2.45, 2.75) is 18.7 Å². The molecule has 2 rings (SSSR count). The summed E-state index contributed by atoms with van der Waals surface area (Å²) < 4.78 is 0. The summed E-state index contributed by atoms with van der Waals surface area (Å²) in [5.41, 5.74) is 6.21. The largest absolute Gasteiger partial charge is 0.398 e. The fraction of sp³-hybridized carbons (Fsp3) is 0.308. The molecule has 0 bridgehead atoms. The molecule has 0 fully saturated rings. The predicted molar refractivity (Wildman–Crippen MR) is 73.9 cm³/mol. The zero-order valence-corrected chi connectivity index (χ0v) is 12.1. The summed E-state index contributed by atoms with van der Waals surface area (Å²) in [6, 6.07) is 4.62. The fourth-order valence-electron chi connectivity index (χ4n) is 1.92. The van der Waals surface area contributed by atoms with Crippen LogP contribution < -0.4 is 5.73 Å². The van der Waals surface area contributed by atoms with E-state index >= 15 is 0 Å². The number of nitrogens with two attached hydrogens (primary N) is 1. The molecule has 5 nitrogen and oxygen atoms in total. The van der Waals surface area contributed by atoms with Crippen LogP contribution in [0.1, 0.15) is 34.6 Å². The number of alkyl halides is 1. The number of halogens is 1. The molecule has 19 heavy (non-hydrogen) atoms. The van der Waals surface area contributed by atoms with Crippen molar-refractivity contribution in [2.75, 3.05) is 5.73 Å². The molecule has 1 aromatic carbocycles. The molecule has 2 N–H and O–H groups in total. The van der Waals surface area contributed by atoms with E-state index in [2.05, 4.69) is 15.9 Å². The van der Waals surface area contributed by atoms with Crippen LogP contribution in [0.2, 0.25) is 0 Å². The summed E-state index contributed by atoms with van der Waals surface area (Å²) in [6.07, 6.45) is 0. The summed E-state index contributed by atoms with van der Waals surface area (Å²) in [7, 11) is 0. The van der Waals surface area contributed by atoms with Crippen molar-refractivity contribution in [1.29, 1.82) is 0 Å². The Balaban J connectivity index is 2.44. The number of nitrogens with zero attached hydrogens (tertiary/aromatic N) is 1. The van der Waals surface area contributed by atoms with Gasteiger partial charge in [-0.2, -0.15) is 0 Å². The Bertz CT molecular complexity index is 583. The van der Waals surface area contributed by atoms with Crippen LogP contribution >= 0.6 is 15.9 Å². The highest BCUT2D eigenvalue weighted by molar-refractivity contribution is 9.10. The first-order chi connectivity index (χ1) is 8.86. The molecular weight excluding hydrogens is 312 g/mol. The predicted octanol–water partition coefficient (Wildman–Crippen LogP) is 1.81. The summed E-state index contributed by atoms with van der Waals surface area (Å²) in [5.74, 6) is -1.84. The second-order valence-corrected chi connectivity index (χ2v) is 5.69. The third kappa shape index (κ3) is 2.06. The Kier molecular flexibility index (Phi) is 3.45. The van der Waals surface area contributed by atoms with Crippen LogP contribution in [0.3, 0.4) is 0 Å². The van der Waals surface area contributed by atoms with Crippen LogP contribution in [0.5, 0.6) is 0 Å². The lowest BCUT2D eigenvalue weighted by Gasteiger charge is -2.18. The number of carbonyl (C=O) groups is 3. The molecule has 0 spiro atoms. The summed E-state index contributed by atoms with van der Waals surface area (Å²) in [5, 5.41) is 0. The number of amides is 3. The lowest BCUT2D eigenvalue weighted by molar-refractivity contribution is -0.126. The van der Waals surface area contributed by atoms with Gasteiger partial charge in [0.05, 0.1) is 16.0 Å². The molecule has 3 amide bonds. The average molecular weight is 325 g/mol. The molecule has 0 saturated carbocycles. The average Bonchev–Trinajstić information content (AvgIpc) is 2.61. The minimum absolute atomic E-state index is 0.0332. The van der Waals surface area contributed by atoms with E-state index < -0.39 is 22.5 Å². The van der Waals surface area contributed by atoms with Crippen LogP contribution in [-0.2, 0) is 4.79 Å². The number of imide groups is 3. The highest BCUT2D eigenvalue weighted by atomic mass is 79.9. The van der Waals surface area contributed by atoms with Crippen LogP contribution in [0.25, 0.3) is 0 Å². The van der Waals surface area contributed by atoms with Gasteiger partial charge in [-0.15, -0.1) is 0 Å². The number of benzene rings is 1. The van der Waals surface area contributed by atoms with Crippen molar-refractivity contribution in [1.82, 2.24) is 4.90 Å². The Morgan fingerprint density at radius 3 is 2.42 bits per heavy atom. The van der Waals surface area contributed by atoms with Crippen molar-refractivity contribution in [3.8, 4) is 0 Å². The van der Waals surface area contributed by atoms with E-state index in [0.29, 0.717) is 4.90 Å². The maximum Gasteiger partial charge on any atom is 0.270 e. The van der Waals surface area contributed by atoms with Crippen LogP contribution in [0, 0.1) is 5.92 Å². The third-order valence-electron chi connectivity index (χ3n) is 2.99. The van der Waals surface area contributed by atoms with Crippen molar-refractivity contribution >= 4 is 39.3 Å². The van der Waals surface area contributed by atoms with Gasteiger partial charge in [-0.1, -0.05) is 35.8 Å². The summed E-state index contributed by atoms with van der Waals surface area (Å²) in [4.78, 5) is 36.6. The Hall–Kier alpha value is -1.69. The third-order valence-corrected chi connectivity index (χ3v) is 4.44. The fourth-order valence-corrected chi connectivity index (χ4v) is 2.12. The Morgan fingerprint density at radius 2 is 1.89 bits per heavy atom. The van der Waals surface area contributed by atoms with Crippen molar-refractivity contribution in [3.05, 3.63) is 29.3 Å². The van der Waals surface area contributed by atoms with Gasteiger partial charge >= 0.3 is 0 Å². The van der Waals surface area contributed by atoms with Gasteiger partial charge in [0.1, 0.15) is 0 Å². The lowest BCUT2D eigenvalue weighted by atomic mass is 10.1. The molecule has 0 aromatic heterocycles. The molecule has 1 atom stereocenters. The van der Waals surface area contributed by atoms with E-state index in [4.69, 9.17) is 5.73 Å². The first-order valence-corrected chi connectivity index (χ1v) is 6.73. The van der Waals surface area contributed by atoms with Crippen LogP contribution in [0.4, 0.5) is 5.69 Å². The zero-order chi connectivity index (χ0) is 14.3. The maximum atomic E-state index is 12.2. The number of anilines is 1. The molecule has 1 unspecified atom stereocenters. The first-order valence-electron chi connectivity index (χ1n) is 5.81. The normalized spacial score (nSPS) is 15.9. The van der Waals surface area contributed by atoms with E-state index in [1.54, 1.807) is 6.07 Å². The van der Waals surface area contributed by atoms with Crippen molar-refractivity contribution in [3.63, 3.8) is 0 Å². The number of nitrogen functional groups attached to an aromatic ring is 1. The van der Waals surface area contributed by atoms with Gasteiger partial charge < -0.3 is 5.73 Å². The number of fused-ring (bicyclic) bond motifs is 1. The molecule has 0 aliphatic carbocycles. The van der Waals surface area contributed by atoms with E-state index in [1.165, 1.54) is 12.1 Å². The molecule has 1 aliphatic heterocycles.